The van der Waals surface area contributed by atoms with E-state index in [0.717, 1.165) is 12.8 Å². The number of rotatable bonds is 3. The molecule has 0 radical (unpaired) electrons. The topological polar surface area (TPSA) is 61.3 Å². The Morgan fingerprint density at radius 1 is 1.53 bits per heavy atom. The van der Waals surface area contributed by atoms with E-state index in [4.69, 9.17) is 0 Å². The highest BCUT2D eigenvalue weighted by atomic mass is 19.1. The number of aromatic nitrogens is 2. The van der Waals surface area contributed by atoms with Gasteiger partial charge in [-0.25, -0.2) is 9.37 Å². The molecule has 2 atom stereocenters. The standard InChI is InChI=1S/C13H19FN4O/c1-8-6-18(7-13(8,19)9-3-4-9)12-16-5-10(14)11(15-2)17-12/h5,8-9,19H,3-4,6-7H2,1-2H3,(H,15,16,17)/t8-,13+/m1/s1. The fourth-order valence-corrected chi connectivity index (χ4v) is 2.97. The van der Waals surface area contributed by atoms with Crippen LogP contribution in [-0.2, 0) is 0 Å². The van der Waals surface area contributed by atoms with Gasteiger partial charge in [-0.15, -0.1) is 0 Å². The van der Waals surface area contributed by atoms with Crippen LogP contribution in [0.3, 0.4) is 0 Å². The van der Waals surface area contributed by atoms with Crippen molar-refractivity contribution >= 4 is 11.8 Å². The average Bonchev–Trinajstić information content (AvgIpc) is 3.19. The van der Waals surface area contributed by atoms with Crippen LogP contribution in [0.15, 0.2) is 6.20 Å². The molecule has 5 nitrogen and oxygen atoms in total. The van der Waals surface area contributed by atoms with Gasteiger partial charge in [0, 0.05) is 19.5 Å². The molecule has 3 rings (SSSR count). The summed E-state index contributed by atoms with van der Waals surface area (Å²) in [6.45, 7) is 3.30. The van der Waals surface area contributed by atoms with Crippen LogP contribution in [0.25, 0.3) is 0 Å². The van der Waals surface area contributed by atoms with Gasteiger partial charge in [0.05, 0.1) is 18.3 Å². The molecule has 1 aromatic heterocycles. The summed E-state index contributed by atoms with van der Waals surface area (Å²) in [6, 6.07) is 0. The molecule has 1 aliphatic carbocycles. The van der Waals surface area contributed by atoms with Crippen molar-refractivity contribution < 1.29 is 9.50 Å². The minimum Gasteiger partial charge on any atom is -0.387 e. The maximum atomic E-state index is 13.4. The van der Waals surface area contributed by atoms with Gasteiger partial charge in [0.15, 0.2) is 11.6 Å². The molecule has 0 amide bonds. The number of β-amino-alcohol motifs (C(OH)–C–C–N with tert-alkyl or cyclic N) is 1. The lowest BCUT2D eigenvalue weighted by molar-refractivity contribution is 0.00279. The van der Waals surface area contributed by atoms with Gasteiger partial charge < -0.3 is 15.3 Å². The van der Waals surface area contributed by atoms with Crippen molar-refractivity contribution in [3.63, 3.8) is 0 Å². The van der Waals surface area contributed by atoms with Gasteiger partial charge in [0.1, 0.15) is 0 Å². The largest absolute Gasteiger partial charge is 0.387 e. The van der Waals surface area contributed by atoms with Crippen LogP contribution in [0.5, 0.6) is 0 Å². The molecule has 104 valence electrons. The minimum absolute atomic E-state index is 0.187. The van der Waals surface area contributed by atoms with Gasteiger partial charge in [-0.1, -0.05) is 6.92 Å². The summed E-state index contributed by atoms with van der Waals surface area (Å²) in [5.74, 6) is 0.799. The first-order valence-electron chi connectivity index (χ1n) is 6.72. The Labute approximate surface area is 111 Å². The molecule has 2 heterocycles. The Morgan fingerprint density at radius 3 is 2.89 bits per heavy atom. The predicted octanol–water partition coefficient (Wildman–Crippen LogP) is 1.25. The first-order chi connectivity index (χ1) is 9.04. The molecular weight excluding hydrogens is 247 g/mol. The van der Waals surface area contributed by atoms with Crippen LogP contribution in [0.1, 0.15) is 19.8 Å². The molecule has 2 fully saturated rings. The molecule has 1 aliphatic heterocycles. The second-order valence-electron chi connectivity index (χ2n) is 5.66. The number of halogens is 1. The fraction of sp³-hybridized carbons (Fsp3) is 0.692. The first kappa shape index (κ1) is 12.6. The third-order valence-electron chi connectivity index (χ3n) is 4.33. The van der Waals surface area contributed by atoms with Crippen molar-refractivity contribution in [3.8, 4) is 0 Å². The zero-order chi connectivity index (χ0) is 13.6. The number of aliphatic hydroxyl groups is 1. The Bertz CT molecular complexity index is 494. The molecule has 2 N–H and O–H groups in total. The molecule has 1 aromatic rings. The van der Waals surface area contributed by atoms with E-state index in [0.29, 0.717) is 25.0 Å². The van der Waals surface area contributed by atoms with E-state index >= 15 is 0 Å². The first-order valence-corrected chi connectivity index (χ1v) is 6.72. The van der Waals surface area contributed by atoms with Crippen molar-refractivity contribution in [3.05, 3.63) is 12.0 Å². The fourth-order valence-electron chi connectivity index (χ4n) is 2.97. The van der Waals surface area contributed by atoms with Gasteiger partial charge in [-0.2, -0.15) is 4.98 Å². The van der Waals surface area contributed by atoms with Gasteiger partial charge in [0.25, 0.3) is 0 Å². The van der Waals surface area contributed by atoms with Crippen molar-refractivity contribution in [2.24, 2.45) is 11.8 Å². The van der Waals surface area contributed by atoms with E-state index in [1.165, 1.54) is 6.20 Å². The van der Waals surface area contributed by atoms with E-state index in [2.05, 4.69) is 22.2 Å². The summed E-state index contributed by atoms with van der Waals surface area (Å²) in [6.07, 6.45) is 3.37. The summed E-state index contributed by atoms with van der Waals surface area (Å²) in [4.78, 5) is 10.2. The Balaban J connectivity index is 1.84. The molecule has 6 heteroatoms. The number of hydrogen-bond acceptors (Lipinski definition) is 5. The predicted molar refractivity (Wildman–Crippen MR) is 70.6 cm³/mol. The maximum Gasteiger partial charge on any atom is 0.227 e. The minimum atomic E-state index is -0.641. The van der Waals surface area contributed by atoms with Crippen molar-refractivity contribution in [1.82, 2.24) is 9.97 Å². The summed E-state index contributed by atoms with van der Waals surface area (Å²) in [7, 11) is 1.63. The number of nitrogens with one attached hydrogen (secondary N) is 1. The van der Waals surface area contributed by atoms with E-state index in [9.17, 15) is 9.50 Å². The van der Waals surface area contributed by atoms with Crippen molar-refractivity contribution in [1.29, 1.82) is 0 Å². The summed E-state index contributed by atoms with van der Waals surface area (Å²) in [5, 5.41) is 13.4. The summed E-state index contributed by atoms with van der Waals surface area (Å²) >= 11 is 0. The lowest BCUT2D eigenvalue weighted by atomic mass is 9.88. The summed E-state index contributed by atoms with van der Waals surface area (Å²) < 4.78 is 13.4. The molecule has 0 unspecified atom stereocenters. The molecule has 2 aliphatic rings. The lowest BCUT2D eigenvalue weighted by Gasteiger charge is -2.26. The number of anilines is 2. The molecule has 0 aromatic carbocycles. The SMILES string of the molecule is CNc1nc(N2C[C@@H](C)[C@](O)(C3CC3)C2)ncc1F. The highest BCUT2D eigenvalue weighted by Gasteiger charge is 2.52. The molecular formula is C13H19FN4O. The van der Waals surface area contributed by atoms with Crippen molar-refractivity contribution in [2.45, 2.75) is 25.4 Å². The van der Waals surface area contributed by atoms with Crippen LogP contribution in [0, 0.1) is 17.7 Å². The highest BCUT2D eigenvalue weighted by molar-refractivity contribution is 5.43. The van der Waals surface area contributed by atoms with Gasteiger partial charge in [-0.05, 0) is 18.8 Å². The van der Waals surface area contributed by atoms with Gasteiger partial charge >= 0.3 is 0 Å². The number of hydrogen-bond donors (Lipinski definition) is 2. The van der Waals surface area contributed by atoms with Gasteiger partial charge in [-0.3, -0.25) is 0 Å². The number of nitrogens with zero attached hydrogens (tertiary/aromatic N) is 3. The van der Waals surface area contributed by atoms with Crippen LogP contribution in [0.2, 0.25) is 0 Å². The monoisotopic (exact) mass is 266 g/mol. The van der Waals surface area contributed by atoms with Crippen LogP contribution >= 0.6 is 0 Å². The molecule has 19 heavy (non-hydrogen) atoms. The normalized spacial score (nSPS) is 30.7. The van der Waals surface area contributed by atoms with Gasteiger partial charge in [0.2, 0.25) is 5.95 Å². The Morgan fingerprint density at radius 2 is 2.26 bits per heavy atom. The third-order valence-corrected chi connectivity index (χ3v) is 4.33. The lowest BCUT2D eigenvalue weighted by Crippen LogP contribution is -2.39. The second-order valence-corrected chi connectivity index (χ2v) is 5.66. The maximum absolute atomic E-state index is 13.4. The smallest absolute Gasteiger partial charge is 0.227 e. The molecule has 0 spiro atoms. The van der Waals surface area contributed by atoms with E-state index in [1.807, 2.05) is 4.90 Å². The zero-order valence-electron chi connectivity index (χ0n) is 11.2. The quantitative estimate of drug-likeness (QED) is 0.862. The van der Waals surface area contributed by atoms with Crippen LogP contribution in [-0.4, -0.2) is 40.8 Å². The van der Waals surface area contributed by atoms with Crippen molar-refractivity contribution in [2.75, 3.05) is 30.4 Å². The average molecular weight is 266 g/mol. The van der Waals surface area contributed by atoms with E-state index < -0.39 is 11.4 Å². The van der Waals surface area contributed by atoms with Crippen LogP contribution < -0.4 is 10.2 Å². The highest BCUT2D eigenvalue weighted by Crippen LogP contribution is 2.47. The molecule has 0 bridgehead atoms. The van der Waals surface area contributed by atoms with E-state index in [-0.39, 0.29) is 11.7 Å². The zero-order valence-corrected chi connectivity index (χ0v) is 11.2. The Kier molecular flexibility index (Phi) is 2.85. The Hall–Kier alpha value is -1.43. The molecule has 1 saturated carbocycles. The van der Waals surface area contributed by atoms with Crippen LogP contribution in [0.4, 0.5) is 16.2 Å². The third kappa shape index (κ3) is 2.04. The second kappa shape index (κ2) is 4.30. The molecule has 1 saturated heterocycles. The summed E-state index contributed by atoms with van der Waals surface area (Å²) in [5.41, 5.74) is -0.641. The van der Waals surface area contributed by atoms with E-state index in [1.54, 1.807) is 7.05 Å².